The molecule has 2 aromatic heterocycles. The Morgan fingerprint density at radius 3 is 2.58 bits per heavy atom. The Kier molecular flexibility index (Phi) is 5.89. The zero-order chi connectivity index (χ0) is 23.9. The van der Waals surface area contributed by atoms with Crippen LogP contribution in [-0.4, -0.2) is 35.2 Å². The molecule has 4 rings (SSSR count). The van der Waals surface area contributed by atoms with Gasteiger partial charge in [-0.15, -0.1) is 0 Å². The van der Waals surface area contributed by atoms with Crippen LogP contribution in [0.15, 0.2) is 59.6 Å². The molecule has 11 heteroatoms. The summed E-state index contributed by atoms with van der Waals surface area (Å²) in [7, 11) is -3.48. The highest BCUT2D eigenvalue weighted by molar-refractivity contribution is 7.90. The number of carbonyl (C=O) groups excluding carboxylic acids is 1. The van der Waals surface area contributed by atoms with E-state index in [1.54, 1.807) is 25.1 Å². The maximum absolute atomic E-state index is 13.8. The van der Waals surface area contributed by atoms with E-state index in [0.717, 1.165) is 22.5 Å². The third-order valence-corrected chi connectivity index (χ3v) is 6.48. The molecule has 0 saturated carbocycles. The van der Waals surface area contributed by atoms with Gasteiger partial charge in [-0.05, 0) is 48.9 Å². The van der Waals surface area contributed by atoms with Crippen molar-refractivity contribution in [3.05, 3.63) is 76.6 Å². The molecule has 2 aromatic carbocycles. The first kappa shape index (κ1) is 22.8. The number of hydrogen-bond acceptors (Lipinski definition) is 5. The molecule has 170 valence electrons. The molecule has 1 N–H and O–H groups in total. The molecule has 0 spiro atoms. The van der Waals surface area contributed by atoms with Crippen LogP contribution in [0.1, 0.15) is 28.0 Å². The molecule has 2 heterocycles. The fourth-order valence-corrected chi connectivity index (χ4v) is 4.04. The third kappa shape index (κ3) is 4.57. The van der Waals surface area contributed by atoms with Crippen molar-refractivity contribution in [1.82, 2.24) is 14.6 Å². The quantitative estimate of drug-likeness (QED) is 0.427. The Morgan fingerprint density at radius 2 is 1.91 bits per heavy atom. The molecule has 0 atom stereocenters. The summed E-state index contributed by atoms with van der Waals surface area (Å²) in [5.41, 5.74) is 1.20. The van der Waals surface area contributed by atoms with Crippen LogP contribution in [0.5, 0.6) is 0 Å². The maximum Gasteiger partial charge on any atom is 0.280 e. The van der Waals surface area contributed by atoms with Crippen LogP contribution in [0.25, 0.3) is 16.9 Å². The van der Waals surface area contributed by atoms with E-state index in [0.29, 0.717) is 10.6 Å². The average Bonchev–Trinajstić information content (AvgIpc) is 3.18. The van der Waals surface area contributed by atoms with E-state index >= 15 is 0 Å². The summed E-state index contributed by atoms with van der Waals surface area (Å²) in [6.45, 7) is 1.78. The van der Waals surface area contributed by atoms with Gasteiger partial charge in [0.05, 0.1) is 16.8 Å². The number of amides is 1. The highest BCUT2D eigenvalue weighted by Crippen LogP contribution is 2.29. The maximum atomic E-state index is 13.8. The van der Waals surface area contributed by atoms with Crippen LogP contribution in [0.3, 0.4) is 0 Å². The summed E-state index contributed by atoms with van der Waals surface area (Å²) in [6, 6.07) is 11.9. The smallest absolute Gasteiger partial charge is 0.280 e. The predicted molar refractivity (Wildman–Crippen MR) is 121 cm³/mol. The van der Waals surface area contributed by atoms with Crippen molar-refractivity contribution in [3.63, 3.8) is 0 Å². The van der Waals surface area contributed by atoms with E-state index in [1.807, 2.05) is 0 Å². The number of alkyl halides is 2. The van der Waals surface area contributed by atoms with Crippen molar-refractivity contribution < 1.29 is 22.0 Å². The molecule has 0 aliphatic heterocycles. The highest BCUT2D eigenvalue weighted by atomic mass is 35.5. The van der Waals surface area contributed by atoms with Crippen molar-refractivity contribution in [3.8, 4) is 11.3 Å². The minimum absolute atomic E-state index is 0.0265. The summed E-state index contributed by atoms with van der Waals surface area (Å²) in [5, 5.41) is 7.02. The number of aromatic nitrogens is 3. The summed E-state index contributed by atoms with van der Waals surface area (Å²) in [4.78, 5) is 17.4. The van der Waals surface area contributed by atoms with Gasteiger partial charge in [0.1, 0.15) is 11.3 Å². The summed E-state index contributed by atoms with van der Waals surface area (Å²) in [5.74, 6) is -0.673. The lowest BCUT2D eigenvalue weighted by Crippen LogP contribution is -2.13. The van der Waals surface area contributed by atoms with E-state index in [1.165, 1.54) is 30.3 Å². The molecular weight excluding hydrogens is 474 g/mol. The van der Waals surface area contributed by atoms with E-state index in [4.69, 9.17) is 11.6 Å². The number of carbonyl (C=O) groups is 1. The Bertz CT molecular complexity index is 1500. The topological polar surface area (TPSA) is 93.4 Å². The number of nitrogens with one attached hydrogen (secondary N) is 1. The molecule has 0 fully saturated rings. The number of rotatable bonds is 5. The number of anilines is 1. The molecule has 0 aliphatic carbocycles. The Morgan fingerprint density at radius 1 is 1.15 bits per heavy atom. The number of benzene rings is 2. The van der Waals surface area contributed by atoms with E-state index < -0.39 is 27.9 Å². The monoisotopic (exact) mass is 490 g/mol. The Hall–Kier alpha value is -3.37. The number of halogens is 3. The van der Waals surface area contributed by atoms with Gasteiger partial charge in [0.15, 0.2) is 15.5 Å². The Balaban J connectivity index is 1.79. The van der Waals surface area contributed by atoms with Crippen molar-refractivity contribution in [1.29, 1.82) is 0 Å². The molecule has 0 radical (unpaired) electrons. The molecular formula is C22H17ClF2N4O3S. The van der Waals surface area contributed by atoms with Crippen molar-refractivity contribution in [2.75, 3.05) is 11.6 Å². The van der Waals surface area contributed by atoms with Crippen LogP contribution in [0.4, 0.5) is 14.5 Å². The lowest BCUT2D eigenvalue weighted by atomic mass is 10.1. The molecule has 4 aromatic rings. The van der Waals surface area contributed by atoms with Crippen LogP contribution in [0.2, 0.25) is 5.02 Å². The first-order valence-corrected chi connectivity index (χ1v) is 11.9. The summed E-state index contributed by atoms with van der Waals surface area (Å²) in [6.07, 6.45) is -0.680. The van der Waals surface area contributed by atoms with Gasteiger partial charge in [-0.2, -0.15) is 5.10 Å². The minimum atomic E-state index is -3.48. The van der Waals surface area contributed by atoms with E-state index in [2.05, 4.69) is 15.4 Å². The number of sulfone groups is 1. The van der Waals surface area contributed by atoms with Crippen LogP contribution < -0.4 is 5.32 Å². The Labute approximate surface area is 193 Å². The second-order valence-electron chi connectivity index (χ2n) is 7.38. The van der Waals surface area contributed by atoms with Gasteiger partial charge in [0, 0.05) is 22.5 Å². The number of fused-ring (bicyclic) bond motifs is 1. The fraction of sp³-hybridized carbons (Fsp3) is 0.136. The SMILES string of the molecule is Cc1cc(-c2cc(C(F)F)n3ncc(C(=O)Nc4cccc(S(C)(=O)=O)c4)c3n2)ccc1Cl. The van der Waals surface area contributed by atoms with Gasteiger partial charge in [0.25, 0.3) is 12.3 Å². The predicted octanol–water partition coefficient (Wildman–Crippen LogP) is 4.95. The van der Waals surface area contributed by atoms with Crippen LogP contribution >= 0.6 is 11.6 Å². The first-order valence-electron chi connectivity index (χ1n) is 9.59. The lowest BCUT2D eigenvalue weighted by Gasteiger charge is -2.10. The first-order chi connectivity index (χ1) is 15.5. The lowest BCUT2D eigenvalue weighted by molar-refractivity contribution is 0.102. The van der Waals surface area contributed by atoms with Crippen LogP contribution in [0, 0.1) is 6.92 Å². The third-order valence-electron chi connectivity index (χ3n) is 4.94. The average molecular weight is 491 g/mol. The molecule has 7 nitrogen and oxygen atoms in total. The van der Waals surface area contributed by atoms with Gasteiger partial charge in [0.2, 0.25) is 0 Å². The van der Waals surface area contributed by atoms with E-state index in [9.17, 15) is 22.0 Å². The molecule has 0 unspecified atom stereocenters. The second kappa shape index (κ2) is 8.53. The summed E-state index contributed by atoms with van der Waals surface area (Å²) >= 11 is 6.07. The number of nitrogens with zero attached hydrogens (tertiary/aromatic N) is 3. The van der Waals surface area contributed by atoms with Crippen molar-refractivity contribution in [2.45, 2.75) is 18.2 Å². The zero-order valence-electron chi connectivity index (χ0n) is 17.4. The molecule has 0 bridgehead atoms. The van der Waals surface area contributed by atoms with Gasteiger partial charge < -0.3 is 5.32 Å². The van der Waals surface area contributed by atoms with Crippen molar-refractivity contribution >= 4 is 38.7 Å². The molecule has 0 aliphatic rings. The highest BCUT2D eigenvalue weighted by Gasteiger charge is 2.22. The standard InChI is InChI=1S/C22H17ClF2N4O3S/c1-12-8-13(6-7-17(12)23)18-10-19(20(24)25)29-21(28-18)16(11-26-29)22(30)27-14-4-3-5-15(9-14)33(2,31)32/h3-11,20H,1-2H3,(H,27,30). The number of hydrogen-bond donors (Lipinski definition) is 1. The fourth-order valence-electron chi connectivity index (χ4n) is 3.26. The van der Waals surface area contributed by atoms with E-state index in [-0.39, 0.29) is 27.5 Å². The largest absolute Gasteiger partial charge is 0.322 e. The minimum Gasteiger partial charge on any atom is -0.322 e. The van der Waals surface area contributed by atoms with Crippen molar-refractivity contribution in [2.24, 2.45) is 0 Å². The zero-order valence-corrected chi connectivity index (χ0v) is 19.0. The molecule has 33 heavy (non-hydrogen) atoms. The van der Waals surface area contributed by atoms with Gasteiger partial charge in [-0.25, -0.2) is 26.7 Å². The normalized spacial score (nSPS) is 11.8. The van der Waals surface area contributed by atoms with Gasteiger partial charge in [-0.1, -0.05) is 23.7 Å². The summed E-state index contributed by atoms with van der Waals surface area (Å²) < 4.78 is 52.0. The molecule has 0 saturated heterocycles. The number of aryl methyl sites for hydroxylation is 1. The van der Waals surface area contributed by atoms with Gasteiger partial charge in [-0.3, -0.25) is 4.79 Å². The molecule has 1 amide bonds. The van der Waals surface area contributed by atoms with Crippen LogP contribution in [-0.2, 0) is 9.84 Å². The second-order valence-corrected chi connectivity index (χ2v) is 9.80. The van der Waals surface area contributed by atoms with Gasteiger partial charge >= 0.3 is 0 Å².